The highest BCUT2D eigenvalue weighted by molar-refractivity contribution is 9.10. The fourth-order valence-corrected chi connectivity index (χ4v) is 1.99. The zero-order chi connectivity index (χ0) is 13.6. The first-order chi connectivity index (χ1) is 8.44. The van der Waals surface area contributed by atoms with Crippen LogP contribution in [0.1, 0.15) is 33.1 Å². The molecule has 1 rings (SSSR count). The van der Waals surface area contributed by atoms with Crippen LogP contribution in [0, 0.1) is 5.41 Å². The van der Waals surface area contributed by atoms with Crippen LogP contribution in [0.3, 0.4) is 0 Å². The lowest BCUT2D eigenvalue weighted by Gasteiger charge is -2.23. The molecule has 0 saturated heterocycles. The van der Waals surface area contributed by atoms with Gasteiger partial charge in [-0.3, -0.25) is 4.79 Å². The topological polar surface area (TPSA) is 68.0 Å². The monoisotopic (exact) mass is 313 g/mol. The minimum Gasteiger partial charge on any atom is -0.330 e. The van der Waals surface area contributed by atoms with Crippen LogP contribution in [-0.2, 0) is 4.79 Å². The predicted molar refractivity (Wildman–Crippen MR) is 77.3 cm³/mol. The van der Waals surface area contributed by atoms with Gasteiger partial charge in [0.05, 0.1) is 4.47 Å². The number of rotatable bonds is 6. The number of carbonyl (C=O) groups excluding carboxylic acids is 1. The fourth-order valence-electron chi connectivity index (χ4n) is 1.64. The van der Waals surface area contributed by atoms with E-state index >= 15 is 0 Å². The highest BCUT2D eigenvalue weighted by Crippen LogP contribution is 2.26. The number of carbonyl (C=O) groups is 1. The van der Waals surface area contributed by atoms with Crippen LogP contribution in [0.25, 0.3) is 0 Å². The average Bonchev–Trinajstić information content (AvgIpc) is 2.30. The number of pyridine rings is 1. The molecule has 1 amide bonds. The normalized spacial score (nSPS) is 11.3. The van der Waals surface area contributed by atoms with Crippen LogP contribution in [-0.4, -0.2) is 17.4 Å². The fraction of sp³-hybridized carbons (Fsp3) is 0.538. The summed E-state index contributed by atoms with van der Waals surface area (Å²) >= 11 is 3.35. The van der Waals surface area contributed by atoms with Crippen molar-refractivity contribution in [3.05, 3.63) is 22.8 Å². The average molecular weight is 314 g/mol. The van der Waals surface area contributed by atoms with Gasteiger partial charge in [0.25, 0.3) is 0 Å². The molecule has 0 aliphatic rings. The molecule has 4 nitrogen and oxygen atoms in total. The molecule has 3 N–H and O–H groups in total. The Morgan fingerprint density at radius 2 is 2.22 bits per heavy atom. The summed E-state index contributed by atoms with van der Waals surface area (Å²) in [5, 5.41) is 2.80. The van der Waals surface area contributed by atoms with Crippen molar-refractivity contribution in [2.45, 2.75) is 33.1 Å². The van der Waals surface area contributed by atoms with Crippen LogP contribution in [0.15, 0.2) is 22.8 Å². The van der Waals surface area contributed by atoms with E-state index in [1.54, 1.807) is 6.20 Å². The molecule has 1 heterocycles. The number of aromatic nitrogens is 1. The summed E-state index contributed by atoms with van der Waals surface area (Å²) in [6.07, 6.45) is 3.88. The lowest BCUT2D eigenvalue weighted by Crippen LogP contribution is -2.21. The van der Waals surface area contributed by atoms with Crippen molar-refractivity contribution in [2.75, 3.05) is 11.9 Å². The van der Waals surface area contributed by atoms with E-state index in [9.17, 15) is 4.79 Å². The van der Waals surface area contributed by atoms with Crippen molar-refractivity contribution in [3.63, 3.8) is 0 Å². The number of anilines is 1. The van der Waals surface area contributed by atoms with E-state index < -0.39 is 0 Å². The molecule has 1 aromatic heterocycles. The van der Waals surface area contributed by atoms with Crippen LogP contribution in [0.4, 0.5) is 5.82 Å². The van der Waals surface area contributed by atoms with Gasteiger partial charge in [0.1, 0.15) is 5.82 Å². The van der Waals surface area contributed by atoms with Crippen LogP contribution in [0.5, 0.6) is 0 Å². The van der Waals surface area contributed by atoms with Gasteiger partial charge in [-0.25, -0.2) is 4.98 Å². The molecule has 0 aliphatic carbocycles. The highest BCUT2D eigenvalue weighted by atomic mass is 79.9. The number of nitrogens with two attached hydrogens (primary N) is 1. The summed E-state index contributed by atoms with van der Waals surface area (Å²) in [7, 11) is 0. The molecule has 0 spiro atoms. The molecular weight excluding hydrogens is 294 g/mol. The third-order valence-electron chi connectivity index (χ3n) is 2.87. The maximum atomic E-state index is 11.8. The van der Waals surface area contributed by atoms with Crippen molar-refractivity contribution in [3.8, 4) is 0 Å². The van der Waals surface area contributed by atoms with E-state index in [4.69, 9.17) is 5.73 Å². The lowest BCUT2D eigenvalue weighted by atomic mass is 9.84. The Morgan fingerprint density at radius 1 is 1.50 bits per heavy atom. The second-order valence-corrected chi connectivity index (χ2v) is 5.94. The standard InChI is InChI=1S/C13H20BrN3O/c1-13(2,7-8-15)6-5-11(18)17-12-10(14)4-3-9-16-12/h3-4,9H,5-8,15H2,1-2H3,(H,16,17,18). The summed E-state index contributed by atoms with van der Waals surface area (Å²) < 4.78 is 0.791. The quantitative estimate of drug-likeness (QED) is 0.848. The highest BCUT2D eigenvalue weighted by Gasteiger charge is 2.18. The second-order valence-electron chi connectivity index (χ2n) is 5.08. The summed E-state index contributed by atoms with van der Waals surface area (Å²) in [4.78, 5) is 15.9. The molecule has 0 aromatic carbocycles. The number of hydrogen-bond acceptors (Lipinski definition) is 3. The van der Waals surface area contributed by atoms with E-state index in [2.05, 4.69) is 40.1 Å². The van der Waals surface area contributed by atoms with Gasteiger partial charge in [-0.05, 0) is 52.9 Å². The Kier molecular flexibility index (Phi) is 5.75. The molecule has 0 unspecified atom stereocenters. The van der Waals surface area contributed by atoms with E-state index in [0.717, 1.165) is 17.3 Å². The molecule has 1 aromatic rings. The van der Waals surface area contributed by atoms with Crippen molar-refractivity contribution >= 4 is 27.7 Å². The Hall–Kier alpha value is -0.940. The molecular formula is C13H20BrN3O. The van der Waals surface area contributed by atoms with Crippen molar-refractivity contribution in [1.82, 2.24) is 4.98 Å². The summed E-state index contributed by atoms with van der Waals surface area (Å²) in [5.74, 6) is 0.554. The number of hydrogen-bond donors (Lipinski definition) is 2. The Morgan fingerprint density at radius 3 is 2.83 bits per heavy atom. The van der Waals surface area contributed by atoms with Crippen molar-refractivity contribution in [2.24, 2.45) is 11.1 Å². The lowest BCUT2D eigenvalue weighted by molar-refractivity contribution is -0.116. The van der Waals surface area contributed by atoms with Gasteiger partial charge in [-0.2, -0.15) is 0 Å². The summed E-state index contributed by atoms with van der Waals surface area (Å²) in [6.45, 7) is 4.91. The van der Waals surface area contributed by atoms with Gasteiger partial charge in [0.2, 0.25) is 5.91 Å². The Balaban J connectivity index is 2.46. The van der Waals surface area contributed by atoms with Gasteiger partial charge >= 0.3 is 0 Å². The van der Waals surface area contributed by atoms with Gasteiger partial charge < -0.3 is 11.1 Å². The van der Waals surface area contributed by atoms with Gasteiger partial charge in [0.15, 0.2) is 0 Å². The Labute approximate surface area is 116 Å². The number of nitrogens with one attached hydrogen (secondary N) is 1. The maximum Gasteiger partial charge on any atom is 0.225 e. The molecule has 0 aliphatic heterocycles. The minimum atomic E-state index is -0.0144. The van der Waals surface area contributed by atoms with Crippen molar-refractivity contribution in [1.29, 1.82) is 0 Å². The van der Waals surface area contributed by atoms with E-state index in [-0.39, 0.29) is 11.3 Å². The van der Waals surface area contributed by atoms with Gasteiger partial charge in [0, 0.05) is 12.6 Å². The third-order valence-corrected chi connectivity index (χ3v) is 3.51. The van der Waals surface area contributed by atoms with E-state index in [1.807, 2.05) is 12.1 Å². The molecule has 0 bridgehead atoms. The van der Waals surface area contributed by atoms with E-state index in [0.29, 0.717) is 18.8 Å². The van der Waals surface area contributed by atoms with Crippen molar-refractivity contribution < 1.29 is 4.79 Å². The molecule has 18 heavy (non-hydrogen) atoms. The molecule has 100 valence electrons. The minimum absolute atomic E-state index is 0.0144. The van der Waals surface area contributed by atoms with Crippen LogP contribution >= 0.6 is 15.9 Å². The first kappa shape index (κ1) is 15.1. The predicted octanol–water partition coefficient (Wildman–Crippen LogP) is 2.94. The summed E-state index contributed by atoms with van der Waals surface area (Å²) in [5.41, 5.74) is 5.65. The smallest absolute Gasteiger partial charge is 0.225 e. The maximum absolute atomic E-state index is 11.8. The largest absolute Gasteiger partial charge is 0.330 e. The number of nitrogens with zero attached hydrogens (tertiary/aromatic N) is 1. The molecule has 5 heteroatoms. The number of halogens is 1. The molecule has 0 fully saturated rings. The third kappa shape index (κ3) is 5.14. The molecule has 0 atom stereocenters. The molecule has 0 saturated carbocycles. The Bertz CT molecular complexity index is 407. The first-order valence-electron chi connectivity index (χ1n) is 6.05. The summed E-state index contributed by atoms with van der Waals surface area (Å²) in [6, 6.07) is 3.66. The zero-order valence-electron chi connectivity index (χ0n) is 10.9. The second kappa shape index (κ2) is 6.85. The first-order valence-corrected chi connectivity index (χ1v) is 6.84. The van der Waals surface area contributed by atoms with Gasteiger partial charge in [-0.15, -0.1) is 0 Å². The SMILES string of the molecule is CC(C)(CCN)CCC(=O)Nc1ncccc1Br. The van der Waals surface area contributed by atoms with E-state index in [1.165, 1.54) is 0 Å². The van der Waals surface area contributed by atoms with Gasteiger partial charge in [-0.1, -0.05) is 13.8 Å². The number of amides is 1. The zero-order valence-corrected chi connectivity index (χ0v) is 12.5. The van der Waals surface area contributed by atoms with Crippen LogP contribution < -0.4 is 11.1 Å². The van der Waals surface area contributed by atoms with Crippen LogP contribution in [0.2, 0.25) is 0 Å². The molecule has 0 radical (unpaired) electrons.